The van der Waals surface area contributed by atoms with E-state index >= 15 is 0 Å². The number of hydrogen-bond donors (Lipinski definition) is 1. The lowest BCUT2D eigenvalue weighted by Gasteiger charge is -2.21. The summed E-state index contributed by atoms with van der Waals surface area (Å²) in [6, 6.07) is 29.6. The number of benzene rings is 3. The Balaban J connectivity index is 1.40. The van der Waals surface area contributed by atoms with E-state index in [1.165, 1.54) is 4.74 Å². The van der Waals surface area contributed by atoms with Gasteiger partial charge in [0, 0.05) is 0 Å². The molecule has 1 aliphatic heterocycles. The average molecular weight is 419 g/mol. The van der Waals surface area contributed by atoms with Crippen molar-refractivity contribution in [2.75, 3.05) is 6.61 Å². The van der Waals surface area contributed by atoms with Crippen molar-refractivity contribution in [3.05, 3.63) is 108 Å². The fourth-order valence-corrected chi connectivity index (χ4v) is 3.64. The molecule has 0 amide bonds. The molecular weight excluding hydrogens is 390 g/mol. The van der Waals surface area contributed by atoms with E-state index in [-0.39, 0.29) is 18.2 Å². The third-order valence-corrected chi connectivity index (χ3v) is 5.31. The third-order valence-electron chi connectivity index (χ3n) is 5.31. The maximum Gasteiger partial charge on any atom is 0.253 e. The summed E-state index contributed by atoms with van der Waals surface area (Å²) in [7, 11) is 0. The zero-order valence-corrected chi connectivity index (χ0v) is 17.4. The van der Waals surface area contributed by atoms with Gasteiger partial charge in [0.15, 0.2) is 12.2 Å². The van der Waals surface area contributed by atoms with Crippen molar-refractivity contribution in [1.29, 1.82) is 0 Å². The molecule has 0 aliphatic carbocycles. The molecule has 31 heavy (non-hydrogen) atoms. The third kappa shape index (κ3) is 6.01. The largest absolute Gasteiger partial charge is 0.370 e. The molecule has 0 bridgehead atoms. The molecule has 160 valence electrons. The van der Waals surface area contributed by atoms with E-state index in [9.17, 15) is 5.21 Å². The molecule has 3 atom stereocenters. The van der Waals surface area contributed by atoms with E-state index in [4.69, 9.17) is 14.2 Å². The van der Waals surface area contributed by atoms with Crippen LogP contribution < -0.4 is 0 Å². The SMILES string of the molecule is O[N+]1=C[C@H](OCc2ccccc2)[C@H](OCc2ccccc2)[C@@H]1COCc1ccccc1. The van der Waals surface area contributed by atoms with E-state index in [1.807, 2.05) is 91.0 Å². The van der Waals surface area contributed by atoms with Gasteiger partial charge in [-0.15, -0.1) is 0 Å². The lowest BCUT2D eigenvalue weighted by atomic mass is 10.1. The minimum atomic E-state index is -0.376. The van der Waals surface area contributed by atoms with Gasteiger partial charge in [0.1, 0.15) is 6.61 Å². The predicted octanol–water partition coefficient (Wildman–Crippen LogP) is 4.23. The van der Waals surface area contributed by atoms with Gasteiger partial charge in [-0.2, -0.15) is 0 Å². The first-order valence-electron chi connectivity index (χ1n) is 10.5. The molecule has 1 heterocycles. The monoisotopic (exact) mass is 418 g/mol. The van der Waals surface area contributed by atoms with Crippen molar-refractivity contribution in [2.45, 2.75) is 38.1 Å². The fourth-order valence-electron chi connectivity index (χ4n) is 3.64. The van der Waals surface area contributed by atoms with E-state index in [2.05, 4.69) is 0 Å². The lowest BCUT2D eigenvalue weighted by molar-refractivity contribution is -0.795. The van der Waals surface area contributed by atoms with Crippen LogP contribution in [0.3, 0.4) is 0 Å². The van der Waals surface area contributed by atoms with Gasteiger partial charge >= 0.3 is 0 Å². The van der Waals surface area contributed by atoms with Crippen LogP contribution in [0, 0.1) is 0 Å². The first kappa shape index (κ1) is 21.2. The predicted molar refractivity (Wildman–Crippen MR) is 118 cm³/mol. The van der Waals surface area contributed by atoms with Crippen LogP contribution in [0.4, 0.5) is 0 Å². The van der Waals surface area contributed by atoms with E-state index in [1.54, 1.807) is 6.21 Å². The van der Waals surface area contributed by atoms with Gasteiger partial charge in [-0.3, -0.25) is 5.21 Å². The summed E-state index contributed by atoms with van der Waals surface area (Å²) in [6.45, 7) is 1.69. The van der Waals surface area contributed by atoms with Crippen LogP contribution >= 0.6 is 0 Å². The van der Waals surface area contributed by atoms with Crippen molar-refractivity contribution >= 4 is 6.21 Å². The molecule has 0 aromatic heterocycles. The van der Waals surface area contributed by atoms with Crippen LogP contribution in [0.5, 0.6) is 0 Å². The summed E-state index contributed by atoms with van der Waals surface area (Å²) in [6.07, 6.45) is 0.943. The van der Waals surface area contributed by atoms with Crippen molar-refractivity contribution in [3.8, 4) is 0 Å². The lowest BCUT2D eigenvalue weighted by Crippen LogP contribution is -2.41. The van der Waals surface area contributed by atoms with Crippen molar-refractivity contribution in [3.63, 3.8) is 0 Å². The van der Waals surface area contributed by atoms with Crippen LogP contribution in [0.15, 0.2) is 91.0 Å². The molecule has 0 spiro atoms. The molecular formula is C26H28NO4+. The minimum absolute atomic E-state index is 0.326. The molecule has 4 rings (SSSR count). The summed E-state index contributed by atoms with van der Waals surface area (Å²) in [5.41, 5.74) is 3.24. The van der Waals surface area contributed by atoms with Gasteiger partial charge in [0.2, 0.25) is 6.21 Å². The zero-order chi connectivity index (χ0) is 21.3. The van der Waals surface area contributed by atoms with Crippen LogP contribution in [0.2, 0.25) is 0 Å². The van der Waals surface area contributed by atoms with Crippen LogP contribution in [-0.2, 0) is 34.0 Å². The Morgan fingerprint density at radius 3 is 1.68 bits per heavy atom. The highest BCUT2D eigenvalue weighted by molar-refractivity contribution is 5.60. The summed E-state index contributed by atoms with van der Waals surface area (Å²) in [4.78, 5) is 0. The number of hydrogen-bond acceptors (Lipinski definition) is 4. The molecule has 5 nitrogen and oxygen atoms in total. The molecule has 1 N–H and O–H groups in total. The number of rotatable bonds is 10. The van der Waals surface area contributed by atoms with Gasteiger partial charge in [-0.25, -0.2) is 0 Å². The number of hydroxylamine groups is 1. The van der Waals surface area contributed by atoms with E-state index < -0.39 is 0 Å². The van der Waals surface area contributed by atoms with Crippen LogP contribution in [0.25, 0.3) is 0 Å². The maximum atomic E-state index is 10.6. The smallest absolute Gasteiger partial charge is 0.253 e. The van der Waals surface area contributed by atoms with Crippen LogP contribution in [-0.4, -0.2) is 41.0 Å². The highest BCUT2D eigenvalue weighted by Gasteiger charge is 2.47. The number of ether oxygens (including phenoxy) is 3. The Kier molecular flexibility index (Phi) is 7.45. The Morgan fingerprint density at radius 1 is 0.645 bits per heavy atom. The Labute approximate surface area is 183 Å². The maximum absolute atomic E-state index is 10.6. The molecule has 3 aromatic carbocycles. The standard InChI is InChI=1S/C26H28NO4/c28-27-16-25(30-18-22-12-6-2-7-13-22)26(31-19-23-14-8-3-9-15-23)24(27)20-29-17-21-10-4-1-5-11-21/h1-16,24-26,28H,17-20H2/q+1/t24-,25-,26+/m0/s1. The topological polar surface area (TPSA) is 50.9 Å². The second kappa shape index (κ2) is 10.9. The molecule has 0 saturated heterocycles. The van der Waals surface area contributed by atoms with Crippen molar-refractivity contribution in [1.82, 2.24) is 0 Å². The Morgan fingerprint density at radius 2 is 1.13 bits per heavy atom. The van der Waals surface area contributed by atoms with Gasteiger partial charge in [0.05, 0.1) is 19.8 Å². The molecule has 5 heteroatoms. The quantitative estimate of drug-likeness (QED) is 0.396. The second-order valence-corrected chi connectivity index (χ2v) is 7.62. The van der Waals surface area contributed by atoms with Gasteiger partial charge < -0.3 is 14.2 Å². The first-order valence-corrected chi connectivity index (χ1v) is 10.5. The summed E-state index contributed by atoms with van der Waals surface area (Å²) >= 11 is 0. The molecule has 3 aromatic rings. The highest BCUT2D eigenvalue weighted by Crippen LogP contribution is 2.20. The minimum Gasteiger partial charge on any atom is -0.370 e. The normalized spacial score (nSPS) is 20.5. The van der Waals surface area contributed by atoms with Crippen LogP contribution in [0.1, 0.15) is 16.7 Å². The molecule has 0 radical (unpaired) electrons. The molecule has 1 aliphatic rings. The van der Waals surface area contributed by atoms with E-state index in [0.717, 1.165) is 16.7 Å². The first-order chi connectivity index (χ1) is 15.3. The Hall–Kier alpha value is -2.99. The fraction of sp³-hybridized carbons (Fsp3) is 0.269. The van der Waals surface area contributed by atoms with Crippen molar-refractivity contribution in [2.24, 2.45) is 0 Å². The molecule has 0 unspecified atom stereocenters. The molecule has 0 saturated carbocycles. The highest BCUT2D eigenvalue weighted by atomic mass is 16.6. The summed E-state index contributed by atoms with van der Waals surface area (Å²) < 4.78 is 19.4. The summed E-state index contributed by atoms with van der Waals surface area (Å²) in [5, 5.41) is 10.6. The van der Waals surface area contributed by atoms with Gasteiger partial charge in [-0.05, 0) is 21.4 Å². The van der Waals surface area contributed by atoms with Gasteiger partial charge in [-0.1, -0.05) is 91.0 Å². The van der Waals surface area contributed by atoms with Gasteiger partial charge in [0.25, 0.3) is 6.04 Å². The molecule has 0 fully saturated rings. The van der Waals surface area contributed by atoms with E-state index in [0.29, 0.717) is 26.4 Å². The second-order valence-electron chi connectivity index (χ2n) is 7.62. The average Bonchev–Trinajstić information content (AvgIpc) is 3.12. The Bertz CT molecular complexity index is 947. The van der Waals surface area contributed by atoms with Crippen molar-refractivity contribution < 1.29 is 24.2 Å². The zero-order valence-electron chi connectivity index (χ0n) is 17.4. The summed E-state index contributed by atoms with van der Waals surface area (Å²) in [5.74, 6) is 0. The number of nitrogens with zero attached hydrogens (tertiary/aromatic N) is 1.